The Morgan fingerprint density at radius 3 is 2.07 bits per heavy atom. The normalized spacial score (nSPS) is 12.5. The number of ether oxygens (including phenoxy) is 4. The molecular formula is C20H31NO6. The molecule has 0 aliphatic heterocycles. The molecule has 0 aliphatic rings. The lowest BCUT2D eigenvalue weighted by atomic mass is 10.1. The minimum atomic E-state index is -0.609. The van der Waals surface area contributed by atoms with Crippen LogP contribution in [0, 0.1) is 0 Å². The summed E-state index contributed by atoms with van der Waals surface area (Å²) in [7, 11) is 0. The van der Waals surface area contributed by atoms with Crippen LogP contribution in [0.2, 0.25) is 0 Å². The maximum absolute atomic E-state index is 12.1. The SMILES string of the molecule is CCC(C)OCCOC(=O)c1cccc(C(=O)OCCOC(C)(C)CC)n1. The largest absolute Gasteiger partial charge is 0.459 e. The van der Waals surface area contributed by atoms with Gasteiger partial charge in [0.25, 0.3) is 0 Å². The van der Waals surface area contributed by atoms with Crippen molar-refractivity contribution < 1.29 is 28.5 Å². The number of carbonyl (C=O) groups is 2. The highest BCUT2D eigenvalue weighted by atomic mass is 16.6. The van der Waals surface area contributed by atoms with Gasteiger partial charge in [-0.1, -0.05) is 19.9 Å². The number of hydrogen-bond donors (Lipinski definition) is 0. The first kappa shape index (κ1) is 23.0. The molecule has 1 heterocycles. The zero-order valence-electron chi connectivity index (χ0n) is 16.9. The van der Waals surface area contributed by atoms with Gasteiger partial charge in [0.15, 0.2) is 0 Å². The fourth-order valence-electron chi connectivity index (χ4n) is 1.87. The minimum Gasteiger partial charge on any atom is -0.459 e. The lowest BCUT2D eigenvalue weighted by Gasteiger charge is -2.23. The van der Waals surface area contributed by atoms with E-state index >= 15 is 0 Å². The second kappa shape index (κ2) is 11.7. The number of aromatic nitrogens is 1. The smallest absolute Gasteiger partial charge is 0.357 e. The highest BCUT2D eigenvalue weighted by molar-refractivity contribution is 5.91. The lowest BCUT2D eigenvalue weighted by Crippen LogP contribution is -2.25. The predicted octanol–water partition coefficient (Wildman–Crippen LogP) is 3.42. The first-order chi connectivity index (χ1) is 12.8. The van der Waals surface area contributed by atoms with Crippen molar-refractivity contribution in [2.75, 3.05) is 26.4 Å². The van der Waals surface area contributed by atoms with Crippen LogP contribution in [0.25, 0.3) is 0 Å². The van der Waals surface area contributed by atoms with E-state index in [1.54, 1.807) is 6.07 Å². The monoisotopic (exact) mass is 381 g/mol. The summed E-state index contributed by atoms with van der Waals surface area (Å²) in [6.07, 6.45) is 1.86. The standard InChI is InChI=1S/C20H31NO6/c1-6-15(3)24-11-12-25-18(22)16-9-8-10-17(21-16)19(23)26-13-14-27-20(4,5)7-2/h8-10,15H,6-7,11-14H2,1-5H3. The number of carbonyl (C=O) groups excluding carboxylic acids is 2. The Bertz CT molecular complexity index is 602. The molecular weight excluding hydrogens is 350 g/mol. The first-order valence-corrected chi connectivity index (χ1v) is 9.36. The van der Waals surface area contributed by atoms with Gasteiger partial charge in [-0.25, -0.2) is 14.6 Å². The molecule has 0 aliphatic carbocycles. The molecule has 1 aromatic rings. The van der Waals surface area contributed by atoms with Crippen LogP contribution in [0.4, 0.5) is 0 Å². The van der Waals surface area contributed by atoms with E-state index in [1.807, 2.05) is 34.6 Å². The molecule has 1 aromatic heterocycles. The highest BCUT2D eigenvalue weighted by Crippen LogP contribution is 2.13. The molecule has 1 unspecified atom stereocenters. The molecule has 0 saturated heterocycles. The minimum absolute atomic E-state index is 0.0510. The van der Waals surface area contributed by atoms with E-state index in [1.165, 1.54) is 12.1 Å². The van der Waals surface area contributed by atoms with E-state index in [0.717, 1.165) is 12.8 Å². The van der Waals surface area contributed by atoms with Crippen molar-refractivity contribution in [3.63, 3.8) is 0 Å². The summed E-state index contributed by atoms with van der Waals surface area (Å²) in [5.41, 5.74) is -0.154. The van der Waals surface area contributed by atoms with Gasteiger partial charge in [0.1, 0.15) is 24.6 Å². The van der Waals surface area contributed by atoms with E-state index in [4.69, 9.17) is 18.9 Å². The van der Waals surface area contributed by atoms with Crippen molar-refractivity contribution >= 4 is 11.9 Å². The van der Waals surface area contributed by atoms with Gasteiger partial charge in [0, 0.05) is 0 Å². The van der Waals surface area contributed by atoms with E-state index in [2.05, 4.69) is 4.98 Å². The Labute approximate surface area is 161 Å². The molecule has 27 heavy (non-hydrogen) atoms. The van der Waals surface area contributed by atoms with Crippen molar-refractivity contribution in [1.29, 1.82) is 0 Å². The topological polar surface area (TPSA) is 84.0 Å². The van der Waals surface area contributed by atoms with E-state index in [9.17, 15) is 9.59 Å². The summed E-state index contributed by atoms with van der Waals surface area (Å²) < 4.78 is 21.3. The second-order valence-corrected chi connectivity index (χ2v) is 6.73. The Kier molecular flexibility index (Phi) is 9.96. The molecule has 0 spiro atoms. The molecule has 0 N–H and O–H groups in total. The number of hydrogen-bond acceptors (Lipinski definition) is 7. The van der Waals surface area contributed by atoms with Gasteiger partial charge in [-0.2, -0.15) is 0 Å². The fraction of sp³-hybridized carbons (Fsp3) is 0.650. The van der Waals surface area contributed by atoms with Crippen molar-refractivity contribution in [3.05, 3.63) is 29.6 Å². The van der Waals surface area contributed by atoms with Gasteiger partial charge >= 0.3 is 11.9 Å². The molecule has 0 fully saturated rings. The Morgan fingerprint density at radius 1 is 1.00 bits per heavy atom. The molecule has 0 amide bonds. The number of rotatable bonds is 12. The fourth-order valence-corrected chi connectivity index (χ4v) is 1.87. The molecule has 7 heteroatoms. The average Bonchev–Trinajstić information content (AvgIpc) is 2.68. The average molecular weight is 381 g/mol. The molecule has 0 aromatic carbocycles. The third-order valence-electron chi connectivity index (χ3n) is 4.12. The van der Waals surface area contributed by atoms with Crippen molar-refractivity contribution in [3.8, 4) is 0 Å². The molecule has 0 bridgehead atoms. The van der Waals surface area contributed by atoms with E-state index in [-0.39, 0.29) is 36.3 Å². The summed E-state index contributed by atoms with van der Waals surface area (Å²) in [5.74, 6) is -1.21. The Morgan fingerprint density at radius 2 is 1.56 bits per heavy atom. The molecule has 1 rings (SSSR count). The van der Waals surface area contributed by atoms with Crippen LogP contribution < -0.4 is 0 Å². The summed E-state index contributed by atoms with van der Waals surface area (Å²) in [6.45, 7) is 10.8. The van der Waals surface area contributed by atoms with Crippen LogP contribution in [-0.2, 0) is 18.9 Å². The van der Waals surface area contributed by atoms with Gasteiger partial charge in [0.2, 0.25) is 0 Å². The van der Waals surface area contributed by atoms with Gasteiger partial charge < -0.3 is 18.9 Å². The second-order valence-electron chi connectivity index (χ2n) is 6.73. The molecule has 152 valence electrons. The summed E-state index contributed by atoms with van der Waals surface area (Å²) in [5, 5.41) is 0. The van der Waals surface area contributed by atoms with Gasteiger partial charge in [-0.15, -0.1) is 0 Å². The predicted molar refractivity (Wildman–Crippen MR) is 101 cm³/mol. The Hall–Kier alpha value is -1.99. The quantitative estimate of drug-likeness (QED) is 0.405. The zero-order chi connectivity index (χ0) is 20.3. The molecule has 0 radical (unpaired) electrons. The molecule has 0 saturated carbocycles. The van der Waals surface area contributed by atoms with Gasteiger partial charge in [-0.05, 0) is 45.7 Å². The van der Waals surface area contributed by atoms with Crippen LogP contribution in [0.5, 0.6) is 0 Å². The van der Waals surface area contributed by atoms with Crippen LogP contribution >= 0.6 is 0 Å². The van der Waals surface area contributed by atoms with Crippen LogP contribution in [0.1, 0.15) is 68.4 Å². The number of esters is 2. The van der Waals surface area contributed by atoms with Crippen LogP contribution in [0.3, 0.4) is 0 Å². The maximum atomic E-state index is 12.1. The summed E-state index contributed by atoms with van der Waals surface area (Å²) in [6, 6.07) is 4.54. The molecule has 1 atom stereocenters. The van der Waals surface area contributed by atoms with Crippen molar-refractivity contribution in [2.45, 2.75) is 59.2 Å². The third kappa shape index (κ3) is 8.97. The molecule has 7 nitrogen and oxygen atoms in total. The van der Waals surface area contributed by atoms with Crippen LogP contribution in [0.15, 0.2) is 18.2 Å². The zero-order valence-corrected chi connectivity index (χ0v) is 16.9. The Balaban J connectivity index is 2.45. The van der Waals surface area contributed by atoms with Gasteiger partial charge in [-0.3, -0.25) is 0 Å². The van der Waals surface area contributed by atoms with E-state index < -0.39 is 11.9 Å². The number of nitrogens with zero attached hydrogens (tertiary/aromatic N) is 1. The van der Waals surface area contributed by atoms with Crippen molar-refractivity contribution in [1.82, 2.24) is 4.98 Å². The van der Waals surface area contributed by atoms with Crippen LogP contribution in [-0.4, -0.2) is 55.1 Å². The summed E-state index contributed by atoms with van der Waals surface area (Å²) >= 11 is 0. The maximum Gasteiger partial charge on any atom is 0.357 e. The number of pyridine rings is 1. The van der Waals surface area contributed by atoms with Crippen molar-refractivity contribution in [2.24, 2.45) is 0 Å². The third-order valence-corrected chi connectivity index (χ3v) is 4.12. The highest BCUT2D eigenvalue weighted by Gasteiger charge is 2.17. The lowest BCUT2D eigenvalue weighted by molar-refractivity contribution is -0.0410. The van der Waals surface area contributed by atoms with Gasteiger partial charge in [0.05, 0.1) is 24.9 Å². The summed E-state index contributed by atoms with van der Waals surface area (Å²) in [4.78, 5) is 28.1. The van der Waals surface area contributed by atoms with E-state index in [0.29, 0.717) is 13.2 Å². The first-order valence-electron chi connectivity index (χ1n) is 9.36.